The van der Waals surface area contributed by atoms with Crippen molar-refractivity contribution in [2.45, 2.75) is 72.8 Å². The highest BCUT2D eigenvalue weighted by Crippen LogP contribution is 2.60. The van der Waals surface area contributed by atoms with E-state index in [1.807, 2.05) is 6.08 Å². The van der Waals surface area contributed by atoms with Gasteiger partial charge < -0.3 is 14.9 Å². The lowest BCUT2D eigenvalue weighted by Crippen LogP contribution is -2.55. The van der Waals surface area contributed by atoms with E-state index in [1.54, 1.807) is 0 Å². The van der Waals surface area contributed by atoms with Gasteiger partial charge in [-0.05, 0) is 63.2 Å². The summed E-state index contributed by atoms with van der Waals surface area (Å²) in [5, 5.41) is 19.8. The number of carbonyl (C=O) groups is 1. The van der Waals surface area contributed by atoms with E-state index in [2.05, 4.69) is 33.8 Å². The predicted molar refractivity (Wildman–Crippen MR) is 104 cm³/mol. The third-order valence-electron chi connectivity index (χ3n) is 6.91. The minimum Gasteiger partial charge on any atom is -0.465 e. The van der Waals surface area contributed by atoms with E-state index >= 15 is 0 Å². The van der Waals surface area contributed by atoms with Gasteiger partial charge in [-0.25, -0.2) is 0 Å². The second-order valence-corrected chi connectivity index (χ2v) is 9.06. The molecule has 26 heavy (non-hydrogen) atoms. The zero-order valence-electron chi connectivity index (χ0n) is 17.0. The van der Waals surface area contributed by atoms with Crippen LogP contribution in [0.5, 0.6) is 0 Å². The van der Waals surface area contributed by atoms with Crippen molar-refractivity contribution in [1.29, 1.82) is 0 Å². The Bertz CT molecular complexity index is 579. The molecule has 0 radical (unpaired) electrons. The number of fused-ring (bicyclic) bond motifs is 1. The monoisotopic (exact) mass is 364 g/mol. The smallest absolute Gasteiger partial charge is 0.302 e. The van der Waals surface area contributed by atoms with Crippen molar-refractivity contribution < 1.29 is 19.7 Å². The van der Waals surface area contributed by atoms with Gasteiger partial charge in [-0.2, -0.15) is 0 Å². The number of rotatable bonds is 6. The molecule has 1 fully saturated rings. The van der Waals surface area contributed by atoms with Crippen LogP contribution in [0.2, 0.25) is 0 Å². The Hall–Kier alpha value is -1.13. The molecule has 0 aromatic carbocycles. The molecule has 2 aliphatic carbocycles. The fourth-order valence-electron chi connectivity index (χ4n) is 5.72. The molecule has 2 N–H and O–H groups in total. The van der Waals surface area contributed by atoms with Crippen LogP contribution in [-0.4, -0.2) is 35.5 Å². The largest absolute Gasteiger partial charge is 0.465 e. The molecule has 4 heteroatoms. The lowest BCUT2D eigenvalue weighted by atomic mass is 9.47. The maximum absolute atomic E-state index is 11.4. The predicted octanol–water partition coefficient (Wildman–Crippen LogP) is 4.02. The fraction of sp³-hybridized carbons (Fsp3) is 0.773. The fourth-order valence-corrected chi connectivity index (χ4v) is 5.72. The van der Waals surface area contributed by atoms with E-state index < -0.39 is 0 Å². The number of hydrogen-bond acceptors (Lipinski definition) is 4. The summed E-state index contributed by atoms with van der Waals surface area (Å²) in [6.45, 7) is 10.7. The molecule has 148 valence electrons. The average Bonchev–Trinajstić information content (AvgIpc) is 2.51. The molecule has 5 unspecified atom stereocenters. The highest BCUT2D eigenvalue weighted by molar-refractivity contribution is 5.65. The molecule has 0 aromatic heterocycles. The van der Waals surface area contributed by atoms with Crippen LogP contribution in [0.15, 0.2) is 23.3 Å². The van der Waals surface area contributed by atoms with Crippen molar-refractivity contribution in [2.75, 3.05) is 13.2 Å². The number of aliphatic hydroxyl groups excluding tert-OH is 2. The molecular weight excluding hydrogens is 328 g/mol. The van der Waals surface area contributed by atoms with Crippen LogP contribution in [0.3, 0.4) is 0 Å². The number of carbonyl (C=O) groups excluding carboxylic acids is 1. The number of allylic oxidation sites excluding steroid dienone is 3. The van der Waals surface area contributed by atoms with Gasteiger partial charge in [0.05, 0.1) is 19.3 Å². The quantitative estimate of drug-likeness (QED) is 0.552. The van der Waals surface area contributed by atoms with Crippen LogP contribution in [0, 0.1) is 22.7 Å². The summed E-state index contributed by atoms with van der Waals surface area (Å²) in [4.78, 5) is 11.4. The Morgan fingerprint density at radius 2 is 2.04 bits per heavy atom. The second-order valence-electron chi connectivity index (χ2n) is 9.06. The zero-order valence-corrected chi connectivity index (χ0v) is 17.0. The van der Waals surface area contributed by atoms with Gasteiger partial charge in [0.25, 0.3) is 0 Å². The summed E-state index contributed by atoms with van der Waals surface area (Å²) >= 11 is 0. The first kappa shape index (κ1) is 21.2. The normalized spacial score (nSPS) is 37.7. The summed E-state index contributed by atoms with van der Waals surface area (Å²) in [6, 6.07) is 0. The van der Waals surface area contributed by atoms with Crippen molar-refractivity contribution in [3.8, 4) is 0 Å². The minimum atomic E-state index is -0.362. The van der Waals surface area contributed by atoms with Gasteiger partial charge in [0.15, 0.2) is 0 Å². The molecule has 1 saturated carbocycles. The summed E-state index contributed by atoms with van der Waals surface area (Å²) in [5.74, 6) is 0.528. The first-order chi connectivity index (χ1) is 12.1. The molecule has 5 atom stereocenters. The first-order valence-corrected chi connectivity index (χ1v) is 9.87. The number of ether oxygens (including phenoxy) is 1. The average molecular weight is 365 g/mol. The molecule has 4 nitrogen and oxygen atoms in total. The molecule has 0 aromatic rings. The van der Waals surface area contributed by atoms with Gasteiger partial charge in [0.1, 0.15) is 0 Å². The lowest BCUT2D eigenvalue weighted by molar-refractivity contribution is -0.158. The Balaban J connectivity index is 2.29. The maximum Gasteiger partial charge on any atom is 0.302 e. The van der Waals surface area contributed by atoms with Crippen LogP contribution in [0.1, 0.15) is 66.7 Å². The third kappa shape index (κ3) is 4.40. The van der Waals surface area contributed by atoms with E-state index in [1.165, 1.54) is 18.1 Å². The highest BCUT2D eigenvalue weighted by atomic mass is 16.5. The molecule has 2 aliphatic rings. The zero-order chi connectivity index (χ0) is 19.5. The van der Waals surface area contributed by atoms with Crippen LogP contribution in [-0.2, 0) is 9.53 Å². The molecule has 0 amide bonds. The van der Waals surface area contributed by atoms with Crippen LogP contribution >= 0.6 is 0 Å². The Labute approximate surface area is 158 Å². The topological polar surface area (TPSA) is 66.8 Å². The van der Waals surface area contributed by atoms with Gasteiger partial charge in [-0.1, -0.05) is 37.1 Å². The maximum atomic E-state index is 11.4. The van der Waals surface area contributed by atoms with Crippen molar-refractivity contribution in [1.82, 2.24) is 0 Å². The van der Waals surface area contributed by atoms with Gasteiger partial charge in [-0.15, -0.1) is 0 Å². The number of hydrogen-bond donors (Lipinski definition) is 2. The SMILES string of the molecule is CC(=O)OCC1(C)CC(O)CC2(C)C(CCC(C)=CCO)C(C)=CCC12. The van der Waals surface area contributed by atoms with E-state index in [0.717, 1.165) is 25.7 Å². The second kappa shape index (κ2) is 8.26. The number of aliphatic hydroxyl groups is 2. The Morgan fingerprint density at radius 1 is 1.35 bits per heavy atom. The summed E-state index contributed by atoms with van der Waals surface area (Å²) in [5.41, 5.74) is 2.41. The van der Waals surface area contributed by atoms with E-state index in [-0.39, 0.29) is 29.5 Å². The summed E-state index contributed by atoms with van der Waals surface area (Å²) in [6.07, 6.45) is 8.31. The minimum absolute atomic E-state index is 0.00903. The third-order valence-corrected chi connectivity index (χ3v) is 6.91. The highest BCUT2D eigenvalue weighted by Gasteiger charge is 2.56. The molecular formula is C22H36O4. The van der Waals surface area contributed by atoms with Gasteiger partial charge >= 0.3 is 5.97 Å². The molecule has 0 bridgehead atoms. The van der Waals surface area contributed by atoms with Crippen LogP contribution in [0.25, 0.3) is 0 Å². The van der Waals surface area contributed by atoms with E-state index in [9.17, 15) is 9.90 Å². The molecule has 0 aliphatic heterocycles. The van der Waals surface area contributed by atoms with Gasteiger partial charge in [0.2, 0.25) is 0 Å². The molecule has 0 saturated heterocycles. The van der Waals surface area contributed by atoms with Crippen molar-refractivity contribution in [3.05, 3.63) is 23.3 Å². The van der Waals surface area contributed by atoms with Crippen molar-refractivity contribution in [2.24, 2.45) is 22.7 Å². The molecule has 0 heterocycles. The van der Waals surface area contributed by atoms with Crippen molar-refractivity contribution in [3.63, 3.8) is 0 Å². The Morgan fingerprint density at radius 3 is 2.65 bits per heavy atom. The van der Waals surface area contributed by atoms with E-state index in [4.69, 9.17) is 9.84 Å². The van der Waals surface area contributed by atoms with Crippen LogP contribution in [0.4, 0.5) is 0 Å². The van der Waals surface area contributed by atoms with Crippen LogP contribution < -0.4 is 0 Å². The lowest BCUT2D eigenvalue weighted by Gasteiger charge is -2.58. The molecule has 0 spiro atoms. The first-order valence-electron chi connectivity index (χ1n) is 9.87. The van der Waals surface area contributed by atoms with E-state index in [0.29, 0.717) is 24.9 Å². The standard InChI is InChI=1S/C22H36O4/c1-15(10-11-23)6-8-19-16(2)7-9-20-21(4,14-26-17(3)24)12-18(25)13-22(19,20)5/h7,10,18-20,23,25H,6,8-9,11-14H2,1-5H3. The Kier molecular flexibility index (Phi) is 6.73. The molecule has 2 rings (SSSR count). The number of esters is 1. The summed E-state index contributed by atoms with van der Waals surface area (Å²) < 4.78 is 5.41. The van der Waals surface area contributed by atoms with Gasteiger partial charge in [0, 0.05) is 12.3 Å². The van der Waals surface area contributed by atoms with Gasteiger partial charge in [-0.3, -0.25) is 4.79 Å². The van der Waals surface area contributed by atoms with Crippen molar-refractivity contribution >= 4 is 5.97 Å². The summed E-state index contributed by atoms with van der Waals surface area (Å²) in [7, 11) is 0.